The molecule has 2 heterocycles. The SMILES string of the molecule is C(CC1CO1)C1CO1.CCCC(O)O. The minimum absolute atomic E-state index is 0.486. The predicted molar refractivity (Wildman–Crippen MR) is 51.8 cm³/mol. The Kier molecular flexibility index (Phi) is 5.40. The van der Waals surface area contributed by atoms with Crippen molar-refractivity contribution in [3.63, 3.8) is 0 Å². The van der Waals surface area contributed by atoms with E-state index in [1.54, 1.807) is 0 Å². The maximum absolute atomic E-state index is 8.11. The Morgan fingerprint density at radius 3 is 1.71 bits per heavy atom. The molecule has 0 saturated carbocycles. The van der Waals surface area contributed by atoms with Crippen molar-refractivity contribution < 1.29 is 19.7 Å². The zero-order valence-electron chi connectivity index (χ0n) is 8.69. The van der Waals surface area contributed by atoms with Crippen LogP contribution in [0.4, 0.5) is 0 Å². The van der Waals surface area contributed by atoms with E-state index < -0.39 is 6.29 Å². The summed E-state index contributed by atoms with van der Waals surface area (Å²) in [6.07, 6.45) is 3.83. The molecule has 0 radical (unpaired) electrons. The highest BCUT2D eigenvalue weighted by molar-refractivity contribution is 4.75. The van der Waals surface area contributed by atoms with Gasteiger partial charge in [-0.3, -0.25) is 0 Å². The Bertz CT molecular complexity index is 129. The highest BCUT2D eigenvalue weighted by atomic mass is 16.6. The van der Waals surface area contributed by atoms with Crippen molar-refractivity contribution in [2.24, 2.45) is 0 Å². The molecule has 2 aliphatic rings. The molecule has 84 valence electrons. The predicted octanol–water partition coefficient (Wildman–Crippen LogP) is 0.661. The van der Waals surface area contributed by atoms with E-state index in [1.807, 2.05) is 6.92 Å². The highest BCUT2D eigenvalue weighted by Gasteiger charge is 2.28. The summed E-state index contributed by atoms with van der Waals surface area (Å²) in [6.45, 7) is 3.89. The summed E-state index contributed by atoms with van der Waals surface area (Å²) < 4.78 is 10.1. The highest BCUT2D eigenvalue weighted by Crippen LogP contribution is 2.22. The number of epoxide rings is 2. The molecule has 2 rings (SSSR count). The lowest BCUT2D eigenvalue weighted by Crippen LogP contribution is -2.01. The van der Waals surface area contributed by atoms with Crippen LogP contribution in [0.15, 0.2) is 0 Å². The monoisotopic (exact) mass is 204 g/mol. The summed E-state index contributed by atoms with van der Waals surface area (Å²) in [4.78, 5) is 0. The van der Waals surface area contributed by atoms with E-state index in [-0.39, 0.29) is 0 Å². The van der Waals surface area contributed by atoms with Crippen molar-refractivity contribution in [2.45, 2.75) is 51.1 Å². The fourth-order valence-corrected chi connectivity index (χ4v) is 1.10. The maximum Gasteiger partial charge on any atom is 0.151 e. The first-order valence-corrected chi connectivity index (χ1v) is 5.31. The molecule has 2 saturated heterocycles. The van der Waals surface area contributed by atoms with E-state index in [4.69, 9.17) is 19.7 Å². The first kappa shape index (κ1) is 11.9. The van der Waals surface area contributed by atoms with Crippen molar-refractivity contribution in [1.82, 2.24) is 0 Å². The van der Waals surface area contributed by atoms with Crippen LogP contribution in [0.2, 0.25) is 0 Å². The average molecular weight is 204 g/mol. The molecule has 0 aromatic heterocycles. The molecule has 0 amide bonds. The second-order valence-electron chi connectivity index (χ2n) is 3.76. The van der Waals surface area contributed by atoms with Crippen molar-refractivity contribution in [3.8, 4) is 0 Å². The van der Waals surface area contributed by atoms with Crippen LogP contribution in [-0.2, 0) is 9.47 Å². The molecule has 2 aliphatic heterocycles. The lowest BCUT2D eigenvalue weighted by Gasteiger charge is -1.94. The van der Waals surface area contributed by atoms with E-state index >= 15 is 0 Å². The van der Waals surface area contributed by atoms with Crippen LogP contribution in [0.3, 0.4) is 0 Å². The lowest BCUT2D eigenvalue weighted by atomic mass is 10.2. The Morgan fingerprint density at radius 1 is 1.14 bits per heavy atom. The van der Waals surface area contributed by atoms with Gasteiger partial charge in [0, 0.05) is 0 Å². The van der Waals surface area contributed by atoms with Gasteiger partial charge in [-0.1, -0.05) is 13.3 Å². The summed E-state index contributed by atoms with van der Waals surface area (Å²) in [5.74, 6) is 0. The van der Waals surface area contributed by atoms with Crippen LogP contribution >= 0.6 is 0 Å². The zero-order valence-corrected chi connectivity index (χ0v) is 8.69. The molecule has 2 fully saturated rings. The fourth-order valence-electron chi connectivity index (χ4n) is 1.10. The molecular weight excluding hydrogens is 184 g/mol. The molecular formula is C10H20O4. The van der Waals surface area contributed by atoms with Gasteiger partial charge in [-0.15, -0.1) is 0 Å². The zero-order chi connectivity index (χ0) is 10.4. The smallest absolute Gasteiger partial charge is 0.151 e. The normalized spacial score (nSPS) is 28.3. The number of aliphatic hydroxyl groups is 2. The van der Waals surface area contributed by atoms with Gasteiger partial charge in [0.2, 0.25) is 0 Å². The van der Waals surface area contributed by atoms with Gasteiger partial charge in [0.25, 0.3) is 0 Å². The second-order valence-corrected chi connectivity index (χ2v) is 3.76. The molecule has 0 bridgehead atoms. The second kappa shape index (κ2) is 6.35. The summed E-state index contributed by atoms with van der Waals surface area (Å²) in [7, 11) is 0. The van der Waals surface area contributed by atoms with Gasteiger partial charge >= 0.3 is 0 Å². The minimum Gasteiger partial charge on any atom is -0.373 e. The third-order valence-electron chi connectivity index (χ3n) is 2.16. The van der Waals surface area contributed by atoms with E-state index in [0.29, 0.717) is 18.6 Å². The molecule has 0 spiro atoms. The first-order chi connectivity index (χ1) is 6.72. The van der Waals surface area contributed by atoms with Gasteiger partial charge in [0.1, 0.15) is 0 Å². The molecule has 0 aliphatic carbocycles. The molecule has 14 heavy (non-hydrogen) atoms. The van der Waals surface area contributed by atoms with E-state index in [1.165, 1.54) is 12.8 Å². The van der Waals surface area contributed by atoms with E-state index in [9.17, 15) is 0 Å². The van der Waals surface area contributed by atoms with E-state index in [0.717, 1.165) is 19.6 Å². The maximum atomic E-state index is 8.11. The van der Waals surface area contributed by atoms with Gasteiger partial charge < -0.3 is 19.7 Å². The number of hydrogen-bond donors (Lipinski definition) is 2. The van der Waals surface area contributed by atoms with Gasteiger partial charge in [-0.2, -0.15) is 0 Å². The quantitative estimate of drug-likeness (QED) is 0.510. The molecule has 0 aromatic carbocycles. The van der Waals surface area contributed by atoms with Crippen molar-refractivity contribution >= 4 is 0 Å². The van der Waals surface area contributed by atoms with Crippen LogP contribution in [0.25, 0.3) is 0 Å². The number of ether oxygens (including phenoxy) is 2. The number of rotatable bonds is 5. The van der Waals surface area contributed by atoms with Gasteiger partial charge in [-0.25, -0.2) is 0 Å². The average Bonchev–Trinajstić information content (AvgIpc) is 2.99. The molecule has 2 unspecified atom stereocenters. The standard InChI is InChI=1S/C6H10O2.C4H10O2/c1(5-3-7-5)2-6-4-8-6;1-2-3-4(5)6/h5-6H,1-4H2;4-6H,2-3H2,1H3. The number of hydrogen-bond acceptors (Lipinski definition) is 4. The minimum atomic E-state index is -1.10. The summed E-state index contributed by atoms with van der Waals surface area (Å²) in [5.41, 5.74) is 0. The third-order valence-corrected chi connectivity index (χ3v) is 2.16. The first-order valence-electron chi connectivity index (χ1n) is 5.31. The molecule has 4 heteroatoms. The Balaban J connectivity index is 0.000000149. The van der Waals surface area contributed by atoms with Crippen molar-refractivity contribution in [1.29, 1.82) is 0 Å². The van der Waals surface area contributed by atoms with Crippen LogP contribution in [0, 0.1) is 0 Å². The number of aliphatic hydroxyl groups excluding tert-OH is 1. The molecule has 0 aromatic rings. The van der Waals surface area contributed by atoms with Gasteiger partial charge in [0.05, 0.1) is 25.4 Å². The fraction of sp³-hybridized carbons (Fsp3) is 1.00. The summed E-state index contributed by atoms with van der Waals surface area (Å²) in [5, 5.41) is 16.2. The Morgan fingerprint density at radius 2 is 1.57 bits per heavy atom. The van der Waals surface area contributed by atoms with Crippen LogP contribution in [-0.4, -0.2) is 41.9 Å². The summed E-state index contributed by atoms with van der Waals surface area (Å²) in [6, 6.07) is 0. The lowest BCUT2D eigenvalue weighted by molar-refractivity contribution is -0.0453. The topological polar surface area (TPSA) is 65.5 Å². The third kappa shape index (κ3) is 7.26. The molecule has 2 atom stereocenters. The van der Waals surface area contributed by atoms with Crippen molar-refractivity contribution in [3.05, 3.63) is 0 Å². The van der Waals surface area contributed by atoms with Crippen LogP contribution in [0.1, 0.15) is 32.6 Å². The molecule has 2 N–H and O–H groups in total. The molecule has 4 nitrogen and oxygen atoms in total. The van der Waals surface area contributed by atoms with Crippen molar-refractivity contribution in [2.75, 3.05) is 13.2 Å². The largest absolute Gasteiger partial charge is 0.373 e. The Hall–Kier alpha value is -0.160. The van der Waals surface area contributed by atoms with Crippen LogP contribution in [0.5, 0.6) is 0 Å². The van der Waals surface area contributed by atoms with Gasteiger partial charge in [-0.05, 0) is 19.3 Å². The summed E-state index contributed by atoms with van der Waals surface area (Å²) >= 11 is 0. The van der Waals surface area contributed by atoms with Crippen LogP contribution < -0.4 is 0 Å². The van der Waals surface area contributed by atoms with E-state index in [2.05, 4.69) is 0 Å². The Labute approximate surface area is 84.8 Å². The van der Waals surface area contributed by atoms with Gasteiger partial charge in [0.15, 0.2) is 6.29 Å².